The van der Waals surface area contributed by atoms with Crippen molar-refractivity contribution in [3.8, 4) is 0 Å². The first-order valence-electron chi connectivity index (χ1n) is 12.0. The van der Waals surface area contributed by atoms with Gasteiger partial charge in [0.2, 0.25) is 15.9 Å². The van der Waals surface area contributed by atoms with Gasteiger partial charge in [-0.3, -0.25) is 9.52 Å². The zero-order valence-electron chi connectivity index (χ0n) is 20.8. The van der Waals surface area contributed by atoms with Crippen LogP contribution in [0.2, 0.25) is 10.0 Å². The van der Waals surface area contributed by atoms with Gasteiger partial charge in [0.15, 0.2) is 0 Å². The van der Waals surface area contributed by atoms with Crippen molar-refractivity contribution in [1.82, 2.24) is 4.31 Å². The summed E-state index contributed by atoms with van der Waals surface area (Å²) in [6.07, 6.45) is 0.566. The number of amides is 1. The van der Waals surface area contributed by atoms with Gasteiger partial charge in [-0.25, -0.2) is 25.5 Å². The van der Waals surface area contributed by atoms with Crippen LogP contribution in [0.25, 0.3) is 0 Å². The third-order valence-electron chi connectivity index (χ3n) is 6.55. The number of nitrogens with zero attached hydrogens (tertiary/aromatic N) is 1. The molecule has 1 aliphatic heterocycles. The highest BCUT2D eigenvalue weighted by molar-refractivity contribution is 7.92. The predicted molar refractivity (Wildman–Crippen MR) is 150 cm³/mol. The van der Waals surface area contributed by atoms with E-state index in [9.17, 15) is 26.0 Å². The predicted octanol–water partition coefficient (Wildman–Crippen LogP) is 5.42. The average Bonchev–Trinajstić information content (AvgIpc) is 2.89. The molecule has 1 amide bonds. The molecular formula is C26H26Cl2FN3O5S2. The fourth-order valence-corrected chi connectivity index (χ4v) is 7.44. The van der Waals surface area contributed by atoms with Crippen LogP contribution >= 0.6 is 23.2 Å². The Kier molecular flexibility index (Phi) is 8.87. The summed E-state index contributed by atoms with van der Waals surface area (Å²) in [7, 11) is -7.71. The number of sulfonamides is 2. The van der Waals surface area contributed by atoms with Gasteiger partial charge in [0.1, 0.15) is 5.82 Å². The second-order valence-corrected chi connectivity index (χ2v) is 13.6. The summed E-state index contributed by atoms with van der Waals surface area (Å²) in [5, 5.41) is 3.24. The van der Waals surface area contributed by atoms with E-state index >= 15 is 0 Å². The van der Waals surface area contributed by atoms with Crippen LogP contribution in [0.15, 0.2) is 65.6 Å². The number of carbonyl (C=O) groups is 1. The van der Waals surface area contributed by atoms with Crippen molar-refractivity contribution >= 4 is 60.5 Å². The number of halogens is 3. The average molecular weight is 615 g/mol. The minimum Gasteiger partial charge on any atom is -0.326 e. The Morgan fingerprint density at radius 2 is 1.56 bits per heavy atom. The SMILES string of the molecule is Cc1c(Cl)cccc1NS(=O)(=O)c1ccc(NC(=O)C2CCN(S(=O)(=O)Cc3c(F)cccc3Cl)CC2)cc1. The molecule has 0 aromatic heterocycles. The van der Waals surface area contributed by atoms with Gasteiger partial charge in [0.05, 0.1) is 16.3 Å². The maximum Gasteiger partial charge on any atom is 0.261 e. The van der Waals surface area contributed by atoms with Gasteiger partial charge in [-0.05, 0) is 73.9 Å². The van der Waals surface area contributed by atoms with Crippen molar-refractivity contribution in [3.63, 3.8) is 0 Å². The Hall–Kier alpha value is -2.70. The number of nitrogens with one attached hydrogen (secondary N) is 2. The van der Waals surface area contributed by atoms with E-state index < -0.39 is 37.5 Å². The van der Waals surface area contributed by atoms with E-state index in [1.165, 1.54) is 40.7 Å². The molecule has 4 rings (SSSR count). The van der Waals surface area contributed by atoms with Crippen molar-refractivity contribution in [3.05, 3.63) is 87.7 Å². The minimum absolute atomic E-state index is 0.00773. The molecule has 1 aliphatic rings. The second-order valence-electron chi connectivity index (χ2n) is 9.16. The fourth-order valence-electron chi connectivity index (χ4n) is 4.22. The van der Waals surface area contributed by atoms with Crippen LogP contribution in [0.1, 0.15) is 24.0 Å². The Labute approximate surface area is 237 Å². The standard InChI is InChI=1S/C26H26Cl2FN3O5S2/c1-17-22(27)4-3-7-25(17)31-39(36,37)20-10-8-19(9-11-20)30-26(33)18-12-14-32(15-13-18)38(34,35)16-21-23(28)5-2-6-24(21)29/h2-11,18,31H,12-16H2,1H3,(H,30,33). The quantitative estimate of drug-likeness (QED) is 0.352. The third kappa shape index (κ3) is 6.90. The van der Waals surface area contributed by atoms with Crippen LogP contribution in [0.5, 0.6) is 0 Å². The van der Waals surface area contributed by atoms with Crippen LogP contribution in [0.3, 0.4) is 0 Å². The van der Waals surface area contributed by atoms with E-state index in [4.69, 9.17) is 23.2 Å². The van der Waals surface area contributed by atoms with Gasteiger partial charge >= 0.3 is 0 Å². The van der Waals surface area contributed by atoms with Gasteiger partial charge in [0, 0.05) is 40.3 Å². The fraction of sp³-hybridized carbons (Fsp3) is 0.269. The summed E-state index contributed by atoms with van der Waals surface area (Å²) < 4.78 is 69.1. The Morgan fingerprint density at radius 1 is 0.949 bits per heavy atom. The van der Waals surface area contributed by atoms with E-state index in [1.54, 1.807) is 25.1 Å². The summed E-state index contributed by atoms with van der Waals surface area (Å²) in [6.45, 7) is 1.92. The highest BCUT2D eigenvalue weighted by atomic mass is 35.5. The summed E-state index contributed by atoms with van der Waals surface area (Å²) in [5.41, 5.74) is 1.29. The van der Waals surface area contributed by atoms with Crippen molar-refractivity contribution in [2.45, 2.75) is 30.4 Å². The van der Waals surface area contributed by atoms with E-state index in [2.05, 4.69) is 10.0 Å². The Morgan fingerprint density at radius 3 is 2.21 bits per heavy atom. The zero-order valence-corrected chi connectivity index (χ0v) is 24.0. The maximum atomic E-state index is 14.1. The van der Waals surface area contributed by atoms with Crippen LogP contribution < -0.4 is 10.0 Å². The van der Waals surface area contributed by atoms with Crippen molar-refractivity contribution in [1.29, 1.82) is 0 Å². The van der Waals surface area contributed by atoms with Crippen molar-refractivity contribution in [2.24, 2.45) is 5.92 Å². The molecule has 39 heavy (non-hydrogen) atoms. The van der Waals surface area contributed by atoms with E-state index in [0.29, 0.717) is 22.0 Å². The van der Waals surface area contributed by atoms with Crippen molar-refractivity contribution in [2.75, 3.05) is 23.1 Å². The number of piperidine rings is 1. The lowest BCUT2D eigenvalue weighted by atomic mass is 9.97. The minimum atomic E-state index is -3.88. The second kappa shape index (κ2) is 11.8. The first-order valence-corrected chi connectivity index (χ1v) is 15.8. The molecule has 3 aromatic carbocycles. The van der Waals surface area contributed by atoms with Gasteiger partial charge in [0.25, 0.3) is 10.0 Å². The van der Waals surface area contributed by atoms with E-state index in [1.807, 2.05) is 0 Å². The van der Waals surface area contributed by atoms with Gasteiger partial charge < -0.3 is 5.32 Å². The molecule has 1 heterocycles. The molecular weight excluding hydrogens is 588 g/mol. The number of anilines is 2. The normalized spacial score (nSPS) is 15.2. The molecule has 0 atom stereocenters. The lowest BCUT2D eigenvalue weighted by Crippen LogP contribution is -2.42. The first-order chi connectivity index (χ1) is 18.4. The molecule has 1 saturated heterocycles. The number of hydrogen-bond donors (Lipinski definition) is 2. The van der Waals surface area contributed by atoms with Crippen LogP contribution in [0, 0.1) is 18.7 Å². The zero-order chi connectivity index (χ0) is 28.4. The molecule has 2 N–H and O–H groups in total. The van der Waals surface area contributed by atoms with Gasteiger partial charge in [-0.15, -0.1) is 0 Å². The summed E-state index contributed by atoms with van der Waals surface area (Å²) in [5.74, 6) is -1.98. The molecule has 0 bridgehead atoms. The molecule has 1 fully saturated rings. The smallest absolute Gasteiger partial charge is 0.261 e. The third-order valence-corrected chi connectivity index (χ3v) is 10.5. The number of hydrogen-bond acceptors (Lipinski definition) is 5. The number of benzene rings is 3. The highest BCUT2D eigenvalue weighted by Crippen LogP contribution is 2.28. The van der Waals surface area contributed by atoms with E-state index in [-0.39, 0.29) is 47.3 Å². The summed E-state index contributed by atoms with van der Waals surface area (Å²) in [6, 6.07) is 14.6. The molecule has 13 heteroatoms. The monoisotopic (exact) mass is 613 g/mol. The van der Waals surface area contributed by atoms with Crippen LogP contribution in [-0.2, 0) is 30.6 Å². The molecule has 0 aliphatic carbocycles. The Bertz CT molecular complexity index is 1570. The molecule has 0 unspecified atom stereocenters. The van der Waals surface area contributed by atoms with Crippen LogP contribution in [0.4, 0.5) is 15.8 Å². The van der Waals surface area contributed by atoms with Crippen molar-refractivity contribution < 1.29 is 26.0 Å². The molecule has 0 radical (unpaired) electrons. The lowest BCUT2D eigenvalue weighted by molar-refractivity contribution is -0.120. The van der Waals surface area contributed by atoms with Crippen LogP contribution in [-0.4, -0.2) is 40.1 Å². The molecule has 208 valence electrons. The summed E-state index contributed by atoms with van der Waals surface area (Å²) >= 11 is 12.1. The highest BCUT2D eigenvalue weighted by Gasteiger charge is 2.32. The number of carbonyl (C=O) groups excluding carboxylic acids is 1. The molecule has 0 saturated carbocycles. The summed E-state index contributed by atoms with van der Waals surface area (Å²) in [4.78, 5) is 12.8. The molecule has 0 spiro atoms. The van der Waals surface area contributed by atoms with E-state index in [0.717, 1.165) is 6.07 Å². The first kappa shape index (κ1) is 29.3. The Balaban J connectivity index is 1.34. The van der Waals surface area contributed by atoms with Gasteiger partial charge in [-0.2, -0.15) is 0 Å². The maximum absolute atomic E-state index is 14.1. The molecule has 8 nitrogen and oxygen atoms in total. The topological polar surface area (TPSA) is 113 Å². The number of rotatable bonds is 8. The largest absolute Gasteiger partial charge is 0.326 e. The lowest BCUT2D eigenvalue weighted by Gasteiger charge is -2.30. The molecule has 3 aromatic rings. The van der Waals surface area contributed by atoms with Gasteiger partial charge in [-0.1, -0.05) is 35.3 Å².